The van der Waals surface area contributed by atoms with Gasteiger partial charge in [-0.15, -0.1) is 37.2 Å². The van der Waals surface area contributed by atoms with Crippen molar-refractivity contribution in [3.63, 3.8) is 0 Å². The fourth-order valence-electron chi connectivity index (χ4n) is 1.51. The summed E-state index contributed by atoms with van der Waals surface area (Å²) in [5.41, 5.74) is 0.925. The maximum absolute atomic E-state index is 12.8. The molecule has 3 nitrogen and oxygen atoms in total. The number of aromatic nitrogens is 1. The number of rotatable bonds is 1. The van der Waals surface area contributed by atoms with Crippen LogP contribution in [0, 0.1) is 5.95 Å². The van der Waals surface area contributed by atoms with Crippen LogP contribution < -0.4 is 10.2 Å². The first-order chi connectivity index (χ1) is 6.36. The summed E-state index contributed by atoms with van der Waals surface area (Å²) in [6, 6.07) is 3.32. The second-order valence-corrected chi connectivity index (χ2v) is 3.07. The Labute approximate surface area is 113 Å². The van der Waals surface area contributed by atoms with Crippen LogP contribution in [0.3, 0.4) is 0 Å². The standard InChI is InChI=1S/C9H12FN3.3ClH/c10-9-7-8(1-2-12-9)13-5-3-11-4-6-13;;;/h1-2,7,11H,3-6H2;3*1H. The maximum atomic E-state index is 12.8. The van der Waals surface area contributed by atoms with Gasteiger partial charge >= 0.3 is 0 Å². The molecule has 1 aliphatic heterocycles. The van der Waals surface area contributed by atoms with Crippen molar-refractivity contribution in [2.45, 2.75) is 0 Å². The van der Waals surface area contributed by atoms with Crippen molar-refractivity contribution in [3.8, 4) is 0 Å². The van der Waals surface area contributed by atoms with E-state index >= 15 is 0 Å². The zero-order valence-electron chi connectivity index (χ0n) is 8.56. The highest BCUT2D eigenvalue weighted by Crippen LogP contribution is 2.13. The lowest BCUT2D eigenvalue weighted by molar-refractivity contribution is 0.571. The first-order valence-electron chi connectivity index (χ1n) is 4.43. The van der Waals surface area contributed by atoms with Gasteiger partial charge in [0.25, 0.3) is 0 Å². The molecule has 1 aliphatic rings. The minimum Gasteiger partial charge on any atom is -0.369 e. The van der Waals surface area contributed by atoms with Crippen LogP contribution in [-0.2, 0) is 0 Å². The molecule has 0 spiro atoms. The predicted molar refractivity (Wildman–Crippen MR) is 71.0 cm³/mol. The summed E-state index contributed by atoms with van der Waals surface area (Å²) in [6.45, 7) is 3.79. The van der Waals surface area contributed by atoms with E-state index in [0.717, 1.165) is 31.9 Å². The van der Waals surface area contributed by atoms with Gasteiger partial charge in [-0.25, -0.2) is 4.98 Å². The Balaban J connectivity index is 0. The van der Waals surface area contributed by atoms with Crippen LogP contribution in [0.2, 0.25) is 0 Å². The minimum absolute atomic E-state index is 0. The molecular formula is C9H15Cl3FN3. The molecule has 0 atom stereocenters. The molecule has 1 N–H and O–H groups in total. The molecule has 0 unspecified atom stereocenters. The summed E-state index contributed by atoms with van der Waals surface area (Å²) in [7, 11) is 0. The van der Waals surface area contributed by atoms with Crippen LogP contribution in [0.25, 0.3) is 0 Å². The van der Waals surface area contributed by atoms with Crippen LogP contribution in [0.1, 0.15) is 0 Å². The van der Waals surface area contributed by atoms with Gasteiger partial charge in [0.1, 0.15) is 0 Å². The number of piperazine rings is 1. The number of pyridine rings is 1. The van der Waals surface area contributed by atoms with E-state index in [1.807, 2.05) is 6.07 Å². The van der Waals surface area contributed by atoms with Crippen molar-refractivity contribution >= 4 is 42.9 Å². The van der Waals surface area contributed by atoms with E-state index in [-0.39, 0.29) is 37.2 Å². The van der Waals surface area contributed by atoms with Crippen LogP contribution in [0.5, 0.6) is 0 Å². The fourth-order valence-corrected chi connectivity index (χ4v) is 1.51. The second kappa shape index (κ2) is 8.82. The molecule has 1 aromatic heterocycles. The minimum atomic E-state index is -0.406. The monoisotopic (exact) mass is 289 g/mol. The van der Waals surface area contributed by atoms with Crippen molar-refractivity contribution in [2.75, 3.05) is 31.1 Å². The lowest BCUT2D eigenvalue weighted by atomic mass is 10.3. The quantitative estimate of drug-likeness (QED) is 0.801. The van der Waals surface area contributed by atoms with Gasteiger partial charge in [-0.05, 0) is 6.07 Å². The molecule has 0 saturated carbocycles. The van der Waals surface area contributed by atoms with Gasteiger partial charge in [-0.2, -0.15) is 4.39 Å². The maximum Gasteiger partial charge on any atom is 0.214 e. The largest absolute Gasteiger partial charge is 0.369 e. The average Bonchev–Trinajstić information content (AvgIpc) is 2.19. The van der Waals surface area contributed by atoms with E-state index < -0.39 is 5.95 Å². The first-order valence-corrected chi connectivity index (χ1v) is 4.43. The summed E-state index contributed by atoms with van der Waals surface area (Å²) in [5, 5.41) is 3.25. The van der Waals surface area contributed by atoms with Gasteiger partial charge in [0.15, 0.2) is 0 Å². The molecule has 0 aromatic carbocycles. The number of nitrogens with one attached hydrogen (secondary N) is 1. The van der Waals surface area contributed by atoms with E-state index in [0.29, 0.717) is 0 Å². The Morgan fingerprint density at radius 3 is 2.38 bits per heavy atom. The molecule has 0 radical (unpaired) electrons. The van der Waals surface area contributed by atoms with Gasteiger partial charge < -0.3 is 10.2 Å². The fraction of sp³-hybridized carbons (Fsp3) is 0.444. The molecule has 94 valence electrons. The molecule has 0 amide bonds. The summed E-state index contributed by atoms with van der Waals surface area (Å²) in [4.78, 5) is 5.68. The highest BCUT2D eigenvalue weighted by atomic mass is 35.5. The van der Waals surface area contributed by atoms with E-state index in [2.05, 4.69) is 15.2 Å². The van der Waals surface area contributed by atoms with Crippen LogP contribution in [-0.4, -0.2) is 31.2 Å². The Morgan fingerprint density at radius 1 is 1.19 bits per heavy atom. The van der Waals surface area contributed by atoms with Gasteiger partial charge in [-0.3, -0.25) is 0 Å². The Hall–Kier alpha value is -0.290. The summed E-state index contributed by atoms with van der Waals surface area (Å²) in [6.07, 6.45) is 1.51. The smallest absolute Gasteiger partial charge is 0.214 e. The third-order valence-corrected chi connectivity index (χ3v) is 2.19. The lowest BCUT2D eigenvalue weighted by Gasteiger charge is -2.29. The lowest BCUT2D eigenvalue weighted by Crippen LogP contribution is -2.43. The summed E-state index contributed by atoms with van der Waals surface area (Å²) >= 11 is 0. The third-order valence-electron chi connectivity index (χ3n) is 2.19. The number of hydrogen-bond donors (Lipinski definition) is 1. The van der Waals surface area contributed by atoms with Crippen molar-refractivity contribution in [1.29, 1.82) is 0 Å². The molecule has 2 rings (SSSR count). The molecule has 16 heavy (non-hydrogen) atoms. The van der Waals surface area contributed by atoms with Crippen molar-refractivity contribution < 1.29 is 4.39 Å². The Bertz CT molecular complexity index is 295. The number of anilines is 1. The highest BCUT2D eigenvalue weighted by molar-refractivity contribution is 5.86. The number of halogens is 4. The first kappa shape index (κ1) is 18.1. The zero-order valence-corrected chi connectivity index (χ0v) is 11.0. The molecule has 1 fully saturated rings. The highest BCUT2D eigenvalue weighted by Gasteiger charge is 2.10. The normalized spacial score (nSPS) is 14.2. The molecule has 2 heterocycles. The van der Waals surface area contributed by atoms with E-state index in [9.17, 15) is 4.39 Å². The summed E-state index contributed by atoms with van der Waals surface area (Å²) < 4.78 is 12.8. The van der Waals surface area contributed by atoms with E-state index in [1.165, 1.54) is 12.3 Å². The zero-order chi connectivity index (χ0) is 9.10. The van der Waals surface area contributed by atoms with Crippen LogP contribution in [0.15, 0.2) is 18.3 Å². The Kier molecular flexibility index (Phi) is 9.96. The van der Waals surface area contributed by atoms with Gasteiger partial charge in [-0.1, -0.05) is 0 Å². The molecule has 1 aromatic rings. The molecule has 0 aliphatic carbocycles. The van der Waals surface area contributed by atoms with Gasteiger partial charge in [0.2, 0.25) is 5.95 Å². The third kappa shape index (κ3) is 4.70. The van der Waals surface area contributed by atoms with Crippen molar-refractivity contribution in [3.05, 3.63) is 24.3 Å². The van der Waals surface area contributed by atoms with Crippen molar-refractivity contribution in [1.82, 2.24) is 10.3 Å². The molecule has 0 bridgehead atoms. The molecule has 1 saturated heterocycles. The second-order valence-electron chi connectivity index (χ2n) is 3.07. The molecular weight excluding hydrogens is 275 g/mol. The van der Waals surface area contributed by atoms with Gasteiger partial charge in [0, 0.05) is 44.1 Å². The van der Waals surface area contributed by atoms with Gasteiger partial charge in [0.05, 0.1) is 0 Å². The SMILES string of the molecule is Cl.Cl.Cl.Fc1cc(N2CCNCC2)ccn1. The van der Waals surface area contributed by atoms with E-state index in [1.54, 1.807) is 0 Å². The van der Waals surface area contributed by atoms with Crippen LogP contribution in [0.4, 0.5) is 10.1 Å². The topological polar surface area (TPSA) is 28.2 Å². The van der Waals surface area contributed by atoms with Crippen molar-refractivity contribution in [2.24, 2.45) is 0 Å². The van der Waals surface area contributed by atoms with Crippen LogP contribution >= 0.6 is 37.2 Å². The number of hydrogen-bond acceptors (Lipinski definition) is 3. The predicted octanol–water partition coefficient (Wildman–Crippen LogP) is 1.90. The average molecular weight is 291 g/mol. The molecule has 7 heteroatoms. The Morgan fingerprint density at radius 2 is 1.81 bits per heavy atom. The van der Waals surface area contributed by atoms with E-state index in [4.69, 9.17) is 0 Å². The summed E-state index contributed by atoms with van der Waals surface area (Å²) in [5.74, 6) is -0.406. The number of nitrogens with zero attached hydrogens (tertiary/aromatic N) is 2.